The molecule has 0 aliphatic heterocycles. The van der Waals surface area contributed by atoms with Gasteiger partial charge in [0, 0.05) is 5.69 Å². The van der Waals surface area contributed by atoms with Crippen LogP contribution in [0.2, 0.25) is 0 Å². The number of nitrogens with one attached hydrogen (secondary N) is 3. The molecule has 0 unspecified atom stereocenters. The van der Waals surface area contributed by atoms with Crippen molar-refractivity contribution in [2.24, 2.45) is 5.14 Å². The van der Waals surface area contributed by atoms with Gasteiger partial charge >= 0.3 is 0 Å². The second kappa shape index (κ2) is 9.92. The molecule has 12 heteroatoms. The smallest absolute Gasteiger partial charge is 0.238 e. The molecule has 0 saturated heterocycles. The molecule has 5 N–H and O–H groups in total. The highest BCUT2D eigenvalue weighted by atomic mass is 35.6. The normalized spacial score (nSPS) is 12.7. The molecule has 156 valence electrons. The number of benzene rings is 2. The Kier molecular flexibility index (Phi) is 8.10. The van der Waals surface area contributed by atoms with E-state index in [1.165, 1.54) is 24.3 Å². The maximum atomic E-state index is 12.3. The summed E-state index contributed by atoms with van der Waals surface area (Å²) in [6.07, 6.45) is -1.03. The largest absolute Gasteiger partial charge is 0.339 e. The molecule has 0 aromatic heterocycles. The van der Waals surface area contributed by atoms with Gasteiger partial charge in [-0.05, 0) is 42.0 Å². The number of rotatable bonds is 6. The van der Waals surface area contributed by atoms with Gasteiger partial charge in [-0.2, -0.15) is 0 Å². The van der Waals surface area contributed by atoms with E-state index < -0.39 is 20.0 Å². The van der Waals surface area contributed by atoms with E-state index >= 15 is 0 Å². The summed E-state index contributed by atoms with van der Waals surface area (Å²) >= 11 is 23.0. The average molecular weight is 496 g/mol. The highest BCUT2D eigenvalue weighted by Crippen LogP contribution is 2.29. The number of halogens is 3. The Hall–Kier alpha value is -1.62. The fraction of sp³-hybridized carbons (Fsp3) is 0.176. The van der Waals surface area contributed by atoms with Crippen molar-refractivity contribution in [1.82, 2.24) is 10.6 Å². The van der Waals surface area contributed by atoms with Crippen LogP contribution in [0.15, 0.2) is 59.5 Å². The molecule has 2 aromatic carbocycles. The van der Waals surface area contributed by atoms with E-state index in [2.05, 4.69) is 16.0 Å². The van der Waals surface area contributed by atoms with Crippen molar-refractivity contribution >= 4 is 73.8 Å². The minimum atomic E-state index is -3.80. The highest BCUT2D eigenvalue weighted by molar-refractivity contribution is 7.89. The van der Waals surface area contributed by atoms with Crippen molar-refractivity contribution in [1.29, 1.82) is 0 Å². The quantitative estimate of drug-likeness (QED) is 0.278. The van der Waals surface area contributed by atoms with E-state index in [-0.39, 0.29) is 22.3 Å². The Balaban J connectivity index is 2.00. The van der Waals surface area contributed by atoms with Crippen LogP contribution >= 0.6 is 47.0 Å². The van der Waals surface area contributed by atoms with Gasteiger partial charge in [-0.15, -0.1) is 0 Å². The van der Waals surface area contributed by atoms with E-state index in [9.17, 15) is 13.2 Å². The molecule has 29 heavy (non-hydrogen) atoms. The summed E-state index contributed by atoms with van der Waals surface area (Å²) in [7, 11) is -3.80. The third-order valence-electron chi connectivity index (χ3n) is 3.56. The molecule has 0 heterocycles. The monoisotopic (exact) mass is 494 g/mol. The molecular weight excluding hydrogens is 479 g/mol. The van der Waals surface area contributed by atoms with E-state index in [0.29, 0.717) is 5.69 Å². The van der Waals surface area contributed by atoms with Crippen LogP contribution in [0.1, 0.15) is 5.56 Å². The Morgan fingerprint density at radius 1 is 1.03 bits per heavy atom. The third-order valence-corrected chi connectivity index (χ3v) is 5.36. The average Bonchev–Trinajstić information content (AvgIpc) is 2.61. The molecule has 1 atom stereocenters. The van der Waals surface area contributed by atoms with Crippen LogP contribution in [0.5, 0.6) is 0 Å². The lowest BCUT2D eigenvalue weighted by molar-refractivity contribution is -0.121. The van der Waals surface area contributed by atoms with E-state index in [1.54, 1.807) is 12.1 Å². The van der Waals surface area contributed by atoms with Crippen molar-refractivity contribution in [2.45, 2.75) is 21.3 Å². The number of hydrogen-bond donors (Lipinski definition) is 4. The zero-order valence-electron chi connectivity index (χ0n) is 14.7. The van der Waals surface area contributed by atoms with E-state index in [0.717, 1.165) is 5.56 Å². The van der Waals surface area contributed by atoms with Crippen LogP contribution in [0.25, 0.3) is 0 Å². The maximum Gasteiger partial charge on any atom is 0.238 e. The first kappa shape index (κ1) is 23.7. The van der Waals surface area contributed by atoms with Crippen molar-refractivity contribution in [3.8, 4) is 0 Å². The summed E-state index contributed by atoms with van der Waals surface area (Å²) in [4.78, 5) is 12.2. The fourth-order valence-electron chi connectivity index (χ4n) is 2.22. The van der Waals surface area contributed by atoms with Crippen LogP contribution in [-0.4, -0.2) is 29.4 Å². The van der Waals surface area contributed by atoms with Crippen molar-refractivity contribution < 1.29 is 13.2 Å². The standard InChI is InChI=1S/C17H17Cl3N4O3S2/c18-17(19,20)15(23-14(25)10-11-4-2-1-3-5-11)24-16(28)22-12-6-8-13(9-7-12)29(21,26)27/h1-9,15H,10H2,(H,23,25)(H2,21,26,27)(H2,22,24,28)/t15-/m0/s1. The Morgan fingerprint density at radius 3 is 2.14 bits per heavy atom. The number of carbonyl (C=O) groups is 1. The molecular formula is C17H17Cl3N4O3S2. The maximum absolute atomic E-state index is 12.3. The second-order valence-electron chi connectivity index (χ2n) is 5.87. The highest BCUT2D eigenvalue weighted by Gasteiger charge is 2.34. The van der Waals surface area contributed by atoms with Crippen LogP contribution in [-0.2, 0) is 21.2 Å². The molecule has 7 nitrogen and oxygen atoms in total. The number of thiocarbonyl (C=S) groups is 1. The number of nitrogens with two attached hydrogens (primary N) is 1. The van der Waals surface area contributed by atoms with E-state index in [1.807, 2.05) is 18.2 Å². The number of alkyl halides is 3. The van der Waals surface area contributed by atoms with Gasteiger partial charge in [0.05, 0.1) is 11.3 Å². The van der Waals surface area contributed by atoms with E-state index in [4.69, 9.17) is 52.2 Å². The number of hydrogen-bond acceptors (Lipinski definition) is 4. The first-order valence-electron chi connectivity index (χ1n) is 8.05. The lowest BCUT2D eigenvalue weighted by Crippen LogP contribution is -2.56. The number of primary sulfonamides is 1. The Morgan fingerprint density at radius 2 is 1.62 bits per heavy atom. The zero-order chi connectivity index (χ0) is 21.7. The minimum Gasteiger partial charge on any atom is -0.339 e. The second-order valence-corrected chi connectivity index (χ2v) is 10.2. The number of sulfonamides is 1. The number of carbonyl (C=O) groups excluding carboxylic acids is 1. The van der Waals surface area contributed by atoms with Gasteiger partial charge in [0.1, 0.15) is 6.17 Å². The van der Waals surface area contributed by atoms with Gasteiger partial charge in [-0.1, -0.05) is 65.1 Å². The lowest BCUT2D eigenvalue weighted by atomic mass is 10.1. The fourth-order valence-corrected chi connectivity index (χ4v) is 3.30. The zero-order valence-corrected chi connectivity index (χ0v) is 18.6. The lowest BCUT2D eigenvalue weighted by Gasteiger charge is -2.27. The van der Waals surface area contributed by atoms with Crippen LogP contribution < -0.4 is 21.1 Å². The van der Waals surface area contributed by atoms with Crippen molar-refractivity contribution in [3.05, 3.63) is 60.2 Å². The predicted octanol–water partition coefficient (Wildman–Crippen LogP) is 2.68. The molecule has 0 bridgehead atoms. The topological polar surface area (TPSA) is 113 Å². The summed E-state index contributed by atoms with van der Waals surface area (Å²) in [6, 6.07) is 14.6. The molecule has 0 fully saturated rings. The van der Waals surface area contributed by atoms with Crippen LogP contribution in [0.3, 0.4) is 0 Å². The first-order valence-corrected chi connectivity index (χ1v) is 11.1. The molecule has 0 aliphatic rings. The van der Waals surface area contributed by atoms with Crippen molar-refractivity contribution in [2.75, 3.05) is 5.32 Å². The predicted molar refractivity (Wildman–Crippen MR) is 120 cm³/mol. The van der Waals surface area contributed by atoms with Gasteiger partial charge in [0.15, 0.2) is 5.11 Å². The summed E-state index contributed by atoms with van der Waals surface area (Å²) in [5.41, 5.74) is 1.26. The molecule has 0 spiro atoms. The minimum absolute atomic E-state index is 0.0460. The van der Waals surface area contributed by atoms with Gasteiger partial charge in [0.2, 0.25) is 19.7 Å². The summed E-state index contributed by atoms with van der Waals surface area (Å²) in [5.74, 6) is -0.375. The molecule has 0 saturated carbocycles. The third kappa shape index (κ3) is 7.96. The summed E-state index contributed by atoms with van der Waals surface area (Å²) in [6.45, 7) is 0. The van der Waals surface area contributed by atoms with Gasteiger partial charge in [-0.3, -0.25) is 4.79 Å². The number of amides is 1. The first-order chi connectivity index (χ1) is 13.4. The molecule has 0 aliphatic carbocycles. The van der Waals surface area contributed by atoms with Crippen molar-refractivity contribution in [3.63, 3.8) is 0 Å². The SMILES string of the molecule is NS(=O)(=O)c1ccc(NC(=S)N[C@H](NC(=O)Cc2ccccc2)C(Cl)(Cl)Cl)cc1. The number of anilines is 1. The van der Waals surface area contributed by atoms with Crippen LogP contribution in [0.4, 0.5) is 5.69 Å². The molecule has 2 rings (SSSR count). The molecule has 0 radical (unpaired) electrons. The summed E-state index contributed by atoms with van der Waals surface area (Å²) in [5, 5.41) is 13.2. The molecule has 2 aromatic rings. The van der Waals surface area contributed by atoms with Gasteiger partial charge in [0.25, 0.3) is 0 Å². The van der Waals surface area contributed by atoms with Gasteiger partial charge < -0.3 is 16.0 Å². The summed E-state index contributed by atoms with van der Waals surface area (Å²) < 4.78 is 20.7. The molecule has 1 amide bonds. The Bertz CT molecular complexity index is 966. The van der Waals surface area contributed by atoms with Gasteiger partial charge in [-0.25, -0.2) is 13.6 Å². The van der Waals surface area contributed by atoms with Crippen LogP contribution in [0, 0.1) is 0 Å². The Labute approximate surface area is 188 Å².